The second-order valence-electron chi connectivity index (χ2n) is 16.3. The van der Waals surface area contributed by atoms with Crippen LogP contribution < -0.4 is 0 Å². The average Bonchev–Trinajstić information content (AvgIpc) is 4.19. The Morgan fingerprint density at radius 1 is 0.353 bits per heavy atom. The van der Waals surface area contributed by atoms with Crippen LogP contribution in [0.15, 0.2) is 121 Å². The van der Waals surface area contributed by atoms with E-state index in [1.54, 1.807) is 27.7 Å². The second kappa shape index (κ2) is 20.5. The molecule has 0 saturated carbocycles. The highest BCUT2D eigenvalue weighted by atomic mass is 32.1. The maximum atomic E-state index is 6.00. The van der Waals surface area contributed by atoms with Gasteiger partial charge in [-0.1, -0.05) is 97.1 Å². The summed E-state index contributed by atoms with van der Waals surface area (Å²) in [4.78, 5) is 18.8. The zero-order valence-corrected chi connectivity index (χ0v) is 41.1. The highest BCUT2D eigenvalue weighted by molar-refractivity contribution is 7.80. The number of H-pyrrole nitrogens is 2. The van der Waals surface area contributed by atoms with Crippen molar-refractivity contribution in [2.45, 2.75) is 54.1 Å². The Morgan fingerprint density at radius 2 is 0.574 bits per heavy atom. The maximum Gasteiger partial charge on any atom is 0.157 e. The molecule has 0 unspecified atom stereocenters. The third-order valence-electron chi connectivity index (χ3n) is 11.6. The van der Waals surface area contributed by atoms with E-state index in [1.165, 1.54) is 0 Å². The van der Waals surface area contributed by atoms with Crippen molar-refractivity contribution in [2.24, 2.45) is 0 Å². The highest BCUT2D eigenvalue weighted by Crippen LogP contribution is 2.41. The van der Waals surface area contributed by atoms with Gasteiger partial charge in [0.05, 0.1) is 22.8 Å². The van der Waals surface area contributed by atoms with Crippen molar-refractivity contribution in [2.75, 3.05) is 0 Å². The summed E-state index contributed by atoms with van der Waals surface area (Å²) in [6, 6.07) is 41.3. The van der Waals surface area contributed by atoms with E-state index in [-0.39, 0.29) is 26.4 Å². The lowest BCUT2D eigenvalue weighted by atomic mass is 9.98. The molecule has 8 bridgehead atoms. The number of hydrogen-bond acceptors (Lipinski definition) is 10. The van der Waals surface area contributed by atoms with Crippen molar-refractivity contribution in [3.8, 4) is 44.5 Å². The Bertz CT molecular complexity index is 2970. The van der Waals surface area contributed by atoms with Gasteiger partial charge >= 0.3 is 0 Å². The number of fused-ring (bicyclic) bond motifs is 8. The summed E-state index contributed by atoms with van der Waals surface area (Å²) in [5.74, 6) is 0. The van der Waals surface area contributed by atoms with Crippen molar-refractivity contribution in [1.82, 2.24) is 19.9 Å². The molecule has 2 aliphatic heterocycles. The maximum absolute atomic E-state index is 6.00. The van der Waals surface area contributed by atoms with Gasteiger partial charge in [-0.05, 0) is 142 Å². The van der Waals surface area contributed by atoms with Crippen LogP contribution in [0.2, 0.25) is 0 Å². The molecule has 0 saturated heterocycles. The summed E-state index contributed by atoms with van der Waals surface area (Å²) in [7, 11) is 0. The fourth-order valence-corrected chi connectivity index (χ4v) is 8.85. The van der Waals surface area contributed by atoms with Gasteiger partial charge in [-0.2, -0.15) is 0 Å². The van der Waals surface area contributed by atoms with E-state index in [0.717, 1.165) is 112 Å². The van der Waals surface area contributed by atoms with Crippen molar-refractivity contribution in [3.05, 3.63) is 166 Å². The lowest BCUT2D eigenvalue weighted by Gasteiger charge is -2.13. The fourth-order valence-electron chi connectivity index (χ4n) is 8.62. The fraction of sp³-hybridized carbons (Fsp3) is 0.143. The number of thiocarbonyl (C=S) groups is 4. The summed E-state index contributed by atoms with van der Waals surface area (Å²) >= 11 is 21.5. The van der Waals surface area contributed by atoms with Crippen molar-refractivity contribution < 1.29 is 18.9 Å². The van der Waals surface area contributed by atoms with Crippen molar-refractivity contribution >= 4 is 115 Å². The summed E-state index contributed by atoms with van der Waals surface area (Å²) in [5.41, 5.74) is 17.6. The van der Waals surface area contributed by atoms with Gasteiger partial charge in [-0.3, -0.25) is 0 Å². The molecule has 2 N–H and O–H groups in total. The van der Waals surface area contributed by atoms with Crippen LogP contribution in [0.25, 0.3) is 90.9 Å². The Hall–Kier alpha value is -6.96. The Balaban J connectivity index is 1.46. The van der Waals surface area contributed by atoms with E-state index in [2.05, 4.69) is 107 Å². The van der Waals surface area contributed by atoms with Crippen LogP contribution in [-0.4, -0.2) is 40.1 Å². The van der Waals surface area contributed by atoms with Crippen LogP contribution in [-0.2, 0) is 45.4 Å². The molecule has 68 heavy (non-hydrogen) atoms. The van der Waals surface area contributed by atoms with Gasteiger partial charge in [0, 0.05) is 72.0 Å². The number of aromatic nitrogens is 4. The number of rotatable bonds is 12. The lowest BCUT2D eigenvalue weighted by molar-refractivity contribution is 0.299. The minimum Gasteiger partial charge on any atom is -0.483 e. The van der Waals surface area contributed by atoms with E-state index in [1.807, 2.05) is 48.5 Å². The van der Waals surface area contributed by atoms with E-state index in [4.69, 9.17) is 77.8 Å². The molecule has 0 amide bonds. The molecule has 7 aromatic rings. The number of nitrogens with one attached hydrogen (secondary N) is 2. The predicted octanol–water partition coefficient (Wildman–Crippen LogP) is 14.8. The molecule has 5 heterocycles. The molecular weight excluding hydrogens is 921 g/mol. The van der Waals surface area contributed by atoms with Gasteiger partial charge in [-0.25, -0.2) is 9.97 Å². The first-order valence-corrected chi connectivity index (χ1v) is 23.7. The van der Waals surface area contributed by atoms with Gasteiger partial charge in [0.1, 0.15) is 26.4 Å². The van der Waals surface area contributed by atoms with Gasteiger partial charge in [0.25, 0.3) is 0 Å². The smallest absolute Gasteiger partial charge is 0.157 e. The number of aromatic amines is 2. The Labute approximate surface area is 416 Å². The number of benzene rings is 4. The molecule has 2 aliphatic rings. The molecule has 0 atom stereocenters. The summed E-state index contributed by atoms with van der Waals surface area (Å²) in [6.07, 6.45) is 8.32. The van der Waals surface area contributed by atoms with E-state index in [0.29, 0.717) is 20.2 Å². The number of ether oxygens (including phenoxy) is 4. The first-order chi connectivity index (χ1) is 33.0. The van der Waals surface area contributed by atoms with Crippen molar-refractivity contribution in [1.29, 1.82) is 0 Å². The van der Waals surface area contributed by atoms with E-state index >= 15 is 0 Å². The molecule has 0 aliphatic carbocycles. The van der Waals surface area contributed by atoms with Crippen LogP contribution in [0.3, 0.4) is 0 Å². The van der Waals surface area contributed by atoms with Gasteiger partial charge in [-0.15, -0.1) is 0 Å². The Morgan fingerprint density at radius 3 is 0.794 bits per heavy atom. The summed E-state index contributed by atoms with van der Waals surface area (Å²) < 4.78 is 24.0. The Kier molecular flexibility index (Phi) is 13.9. The number of nitrogens with zero attached hydrogens (tertiary/aromatic N) is 2. The third kappa shape index (κ3) is 10.00. The van der Waals surface area contributed by atoms with Crippen LogP contribution >= 0.6 is 48.9 Å². The zero-order chi connectivity index (χ0) is 47.3. The average molecular weight is 967 g/mol. The van der Waals surface area contributed by atoms with Crippen LogP contribution in [0, 0.1) is 0 Å². The normalized spacial score (nSPS) is 11.6. The van der Waals surface area contributed by atoms with Crippen LogP contribution in [0.5, 0.6) is 0 Å². The molecule has 4 aromatic carbocycles. The monoisotopic (exact) mass is 966 g/mol. The van der Waals surface area contributed by atoms with Crippen LogP contribution in [0.1, 0.15) is 72.7 Å². The SMILES string of the molecule is CC(=S)OCc1ccccc1-c1c2nc(c(-c3ccccc3COC(C)=S)c3ccc([nH]3)c(-c3ccccc3COC(C)=S)c3nc(c(-c4ccccc4COC(C)=S)c4ccc1[nH]4)C=C3)C=C2. The minimum absolute atomic E-state index is 0.287. The predicted molar refractivity (Wildman–Crippen MR) is 293 cm³/mol. The van der Waals surface area contributed by atoms with Crippen LogP contribution in [0.4, 0.5) is 0 Å². The summed E-state index contributed by atoms with van der Waals surface area (Å²) in [5, 5.41) is 1.85. The molecule has 0 spiro atoms. The van der Waals surface area contributed by atoms with E-state index in [9.17, 15) is 0 Å². The van der Waals surface area contributed by atoms with Gasteiger partial charge in [0.15, 0.2) is 20.2 Å². The first-order valence-electron chi connectivity index (χ1n) is 22.0. The molecule has 338 valence electrons. The minimum atomic E-state index is 0.287. The quantitative estimate of drug-likeness (QED) is 0.115. The topological polar surface area (TPSA) is 94.3 Å². The van der Waals surface area contributed by atoms with Gasteiger partial charge < -0.3 is 28.9 Å². The first kappa shape index (κ1) is 46.2. The number of hydrogen-bond donors (Lipinski definition) is 2. The molecule has 0 fully saturated rings. The lowest BCUT2D eigenvalue weighted by Crippen LogP contribution is -2.00. The van der Waals surface area contributed by atoms with E-state index < -0.39 is 0 Å². The zero-order valence-electron chi connectivity index (χ0n) is 37.8. The van der Waals surface area contributed by atoms with Crippen molar-refractivity contribution in [3.63, 3.8) is 0 Å². The molecule has 9 rings (SSSR count). The largest absolute Gasteiger partial charge is 0.483 e. The molecule has 0 radical (unpaired) electrons. The molecule has 3 aromatic heterocycles. The molecule has 8 nitrogen and oxygen atoms in total. The molecular formula is C56H46N4O4S4. The standard InChI is InChI=1S/C56H46N4O4S4/c1-33(65)61-29-37-13-5-9-17-41(37)53-45-21-23-47(57-45)54(42-18-10-6-14-38(42)30-62-34(2)66)49-25-27-51(59-49)56(44-20-12-8-16-40(44)32-64-36(4)68)52-28-26-50(60-52)55(48-24-22-46(53)58-48)43-19-11-7-15-39(43)31-63-35(3)67/h5-28,57,60H,29-32H2,1-4H3. The molecule has 12 heteroatoms. The highest BCUT2D eigenvalue weighted by Gasteiger charge is 2.22. The second-order valence-corrected chi connectivity index (χ2v) is 18.6. The third-order valence-corrected chi connectivity index (χ3v) is 12.1. The summed E-state index contributed by atoms with van der Waals surface area (Å²) in [6.45, 7) is 8.29. The van der Waals surface area contributed by atoms with Gasteiger partial charge in [0.2, 0.25) is 0 Å².